The Balaban J connectivity index is 1.60. The van der Waals surface area contributed by atoms with Crippen LogP contribution >= 0.6 is 11.8 Å². The van der Waals surface area contributed by atoms with E-state index in [1.54, 1.807) is 11.8 Å². The highest BCUT2D eigenvalue weighted by Crippen LogP contribution is 2.33. The fourth-order valence-corrected chi connectivity index (χ4v) is 3.74. The summed E-state index contributed by atoms with van der Waals surface area (Å²) in [5.74, 6) is 2.07. The van der Waals surface area contributed by atoms with Crippen LogP contribution < -0.4 is 0 Å². The number of thioether (sulfide) groups is 1. The lowest BCUT2D eigenvalue weighted by Gasteiger charge is -2.05. The number of hydrogen-bond acceptors (Lipinski definition) is 4. The third kappa shape index (κ3) is 3.70. The molecule has 4 aromatic rings. The zero-order valence-electron chi connectivity index (χ0n) is 14.4. The predicted octanol–water partition coefficient (Wildman–Crippen LogP) is 6.00. The minimum Gasteiger partial charge on any atom is -0.334 e. The van der Waals surface area contributed by atoms with Gasteiger partial charge >= 0.3 is 0 Å². The van der Waals surface area contributed by atoms with Crippen LogP contribution in [0.2, 0.25) is 0 Å². The van der Waals surface area contributed by atoms with Crippen molar-refractivity contribution in [1.82, 2.24) is 10.1 Å². The smallest absolute Gasteiger partial charge is 0.259 e. The molecule has 0 fully saturated rings. The Labute approximate surface area is 157 Å². The largest absolute Gasteiger partial charge is 0.334 e. The molecule has 128 valence electrons. The quantitative estimate of drug-likeness (QED) is 0.410. The molecule has 26 heavy (non-hydrogen) atoms. The molecule has 1 aromatic heterocycles. The van der Waals surface area contributed by atoms with Gasteiger partial charge in [0.2, 0.25) is 5.82 Å². The van der Waals surface area contributed by atoms with Crippen molar-refractivity contribution >= 4 is 11.8 Å². The van der Waals surface area contributed by atoms with E-state index in [9.17, 15) is 0 Å². The number of nitrogens with zero attached hydrogens (tertiary/aromatic N) is 2. The first-order valence-electron chi connectivity index (χ1n) is 8.46. The summed E-state index contributed by atoms with van der Waals surface area (Å²) in [6.45, 7) is 2.06. The lowest BCUT2D eigenvalue weighted by atomic mass is 10.1. The summed E-state index contributed by atoms with van der Waals surface area (Å²) in [5, 5.41) is 4.17. The minimum absolute atomic E-state index is 0.553. The van der Waals surface area contributed by atoms with Gasteiger partial charge in [0.1, 0.15) is 0 Å². The lowest BCUT2D eigenvalue weighted by molar-refractivity contribution is 0.431. The highest BCUT2D eigenvalue weighted by atomic mass is 32.2. The molecule has 0 radical (unpaired) electrons. The van der Waals surface area contributed by atoms with E-state index in [0.717, 1.165) is 21.8 Å². The Morgan fingerprint density at radius 3 is 2.54 bits per heavy atom. The Morgan fingerprint density at radius 1 is 0.885 bits per heavy atom. The average molecular weight is 358 g/mol. The third-order valence-corrected chi connectivity index (χ3v) is 5.20. The number of aryl methyl sites for hydroxylation is 1. The van der Waals surface area contributed by atoms with Gasteiger partial charge in [0.05, 0.1) is 5.56 Å². The molecule has 0 amide bonds. The van der Waals surface area contributed by atoms with Crippen molar-refractivity contribution < 1.29 is 4.52 Å². The van der Waals surface area contributed by atoms with Crippen LogP contribution in [0.4, 0.5) is 0 Å². The van der Waals surface area contributed by atoms with E-state index in [0.29, 0.717) is 11.7 Å². The third-order valence-electron chi connectivity index (χ3n) is 4.06. The van der Waals surface area contributed by atoms with E-state index < -0.39 is 0 Å². The summed E-state index contributed by atoms with van der Waals surface area (Å²) in [6, 6.07) is 26.7. The Morgan fingerprint density at radius 2 is 1.69 bits per heavy atom. The molecule has 0 spiro atoms. The first-order valence-corrected chi connectivity index (χ1v) is 9.45. The topological polar surface area (TPSA) is 38.9 Å². The van der Waals surface area contributed by atoms with E-state index in [1.165, 1.54) is 11.1 Å². The van der Waals surface area contributed by atoms with Crippen LogP contribution in [0.5, 0.6) is 0 Å². The molecule has 0 saturated carbocycles. The maximum absolute atomic E-state index is 5.56. The molecule has 0 bridgehead atoms. The van der Waals surface area contributed by atoms with Crippen molar-refractivity contribution in [2.75, 3.05) is 0 Å². The van der Waals surface area contributed by atoms with Gasteiger partial charge in [-0.1, -0.05) is 71.4 Å². The van der Waals surface area contributed by atoms with Gasteiger partial charge < -0.3 is 4.52 Å². The predicted molar refractivity (Wildman–Crippen MR) is 106 cm³/mol. The van der Waals surface area contributed by atoms with Gasteiger partial charge in [-0.05, 0) is 30.7 Å². The van der Waals surface area contributed by atoms with E-state index >= 15 is 0 Å². The summed E-state index contributed by atoms with van der Waals surface area (Å²) >= 11 is 1.77. The Bertz CT molecular complexity index is 1010. The standard InChI is InChI=1S/C22H18N2OS/c1-16-8-7-11-18(14-16)21-23-22(25-24-21)19-12-5-6-13-20(19)26-15-17-9-3-2-4-10-17/h2-14H,15H2,1H3. The number of aromatic nitrogens is 2. The highest BCUT2D eigenvalue weighted by Gasteiger charge is 2.14. The molecule has 4 rings (SSSR count). The molecule has 0 unspecified atom stereocenters. The summed E-state index contributed by atoms with van der Waals surface area (Å²) < 4.78 is 5.56. The number of benzene rings is 3. The van der Waals surface area contributed by atoms with Gasteiger partial charge in [-0.25, -0.2) is 0 Å². The van der Waals surface area contributed by atoms with E-state index in [4.69, 9.17) is 4.52 Å². The number of hydrogen-bond donors (Lipinski definition) is 0. The first kappa shape index (κ1) is 16.6. The van der Waals surface area contributed by atoms with Crippen LogP contribution in [0.1, 0.15) is 11.1 Å². The lowest BCUT2D eigenvalue weighted by Crippen LogP contribution is -1.85. The second-order valence-electron chi connectivity index (χ2n) is 6.06. The molecule has 0 aliphatic heterocycles. The fraction of sp³-hybridized carbons (Fsp3) is 0.0909. The molecule has 0 saturated heterocycles. The van der Waals surface area contributed by atoms with Crippen LogP contribution in [0.15, 0.2) is 88.3 Å². The molecular weight excluding hydrogens is 340 g/mol. The average Bonchev–Trinajstić information content (AvgIpc) is 3.17. The molecule has 0 aliphatic rings. The molecule has 0 N–H and O–H groups in total. The van der Waals surface area contributed by atoms with Crippen molar-refractivity contribution in [2.24, 2.45) is 0 Å². The second kappa shape index (κ2) is 7.58. The summed E-state index contributed by atoms with van der Waals surface area (Å²) in [4.78, 5) is 5.75. The van der Waals surface area contributed by atoms with E-state index in [-0.39, 0.29) is 0 Å². The fourth-order valence-electron chi connectivity index (χ4n) is 2.74. The maximum Gasteiger partial charge on any atom is 0.259 e. The van der Waals surface area contributed by atoms with Gasteiger partial charge in [0.15, 0.2) is 0 Å². The molecule has 3 nitrogen and oxygen atoms in total. The van der Waals surface area contributed by atoms with Crippen molar-refractivity contribution in [3.8, 4) is 22.8 Å². The van der Waals surface area contributed by atoms with Gasteiger partial charge in [-0.2, -0.15) is 4.98 Å². The highest BCUT2D eigenvalue weighted by molar-refractivity contribution is 7.98. The first-order chi connectivity index (χ1) is 12.8. The van der Waals surface area contributed by atoms with Crippen LogP contribution in [0.3, 0.4) is 0 Å². The minimum atomic E-state index is 0.553. The maximum atomic E-state index is 5.56. The van der Waals surface area contributed by atoms with Crippen LogP contribution in [0, 0.1) is 6.92 Å². The number of rotatable bonds is 5. The van der Waals surface area contributed by atoms with Crippen LogP contribution in [-0.2, 0) is 5.75 Å². The molecular formula is C22H18N2OS. The van der Waals surface area contributed by atoms with Crippen molar-refractivity contribution in [2.45, 2.75) is 17.6 Å². The zero-order chi connectivity index (χ0) is 17.8. The normalized spacial score (nSPS) is 10.8. The molecule has 3 aromatic carbocycles. The summed E-state index contributed by atoms with van der Waals surface area (Å²) in [5.41, 5.74) is 4.40. The molecule has 1 heterocycles. The van der Waals surface area contributed by atoms with Gasteiger partial charge in [0, 0.05) is 16.2 Å². The van der Waals surface area contributed by atoms with E-state index in [2.05, 4.69) is 59.5 Å². The van der Waals surface area contributed by atoms with E-state index in [1.807, 2.05) is 36.4 Å². The van der Waals surface area contributed by atoms with Gasteiger partial charge in [-0.3, -0.25) is 0 Å². The van der Waals surface area contributed by atoms with Gasteiger partial charge in [0.25, 0.3) is 5.89 Å². The van der Waals surface area contributed by atoms with Crippen LogP contribution in [0.25, 0.3) is 22.8 Å². The monoisotopic (exact) mass is 358 g/mol. The molecule has 4 heteroatoms. The molecule has 0 atom stereocenters. The SMILES string of the molecule is Cc1cccc(-c2noc(-c3ccccc3SCc3ccccc3)n2)c1. The van der Waals surface area contributed by atoms with Crippen molar-refractivity contribution in [3.05, 3.63) is 90.0 Å². The van der Waals surface area contributed by atoms with Crippen molar-refractivity contribution in [3.63, 3.8) is 0 Å². The summed E-state index contributed by atoms with van der Waals surface area (Å²) in [6.07, 6.45) is 0. The van der Waals surface area contributed by atoms with Crippen LogP contribution in [-0.4, -0.2) is 10.1 Å². The van der Waals surface area contributed by atoms with Gasteiger partial charge in [-0.15, -0.1) is 11.8 Å². The van der Waals surface area contributed by atoms with Crippen molar-refractivity contribution in [1.29, 1.82) is 0 Å². The molecule has 0 aliphatic carbocycles. The zero-order valence-corrected chi connectivity index (χ0v) is 15.2. The Hall–Kier alpha value is -2.85. The summed E-state index contributed by atoms with van der Waals surface area (Å²) in [7, 11) is 0. The second-order valence-corrected chi connectivity index (χ2v) is 7.08. The Kier molecular flexibility index (Phi) is 4.84.